The van der Waals surface area contributed by atoms with Crippen LogP contribution in [0.5, 0.6) is 23.0 Å². The Labute approximate surface area is 201 Å². The van der Waals surface area contributed by atoms with E-state index >= 15 is 0 Å². The van der Waals surface area contributed by atoms with Gasteiger partial charge in [-0.25, -0.2) is 0 Å². The van der Waals surface area contributed by atoms with Crippen LogP contribution in [0.2, 0.25) is 0 Å². The van der Waals surface area contributed by atoms with Crippen LogP contribution in [0.3, 0.4) is 0 Å². The second-order valence-electron chi connectivity index (χ2n) is 8.13. The molecule has 0 bridgehead atoms. The van der Waals surface area contributed by atoms with Gasteiger partial charge in [0.15, 0.2) is 0 Å². The fraction of sp³-hybridized carbons (Fsp3) is 0.200. The minimum atomic E-state index is -0.600. The van der Waals surface area contributed by atoms with Crippen LogP contribution in [-0.4, -0.2) is 5.11 Å². The molecule has 0 radical (unpaired) electrons. The smallest absolute Gasteiger partial charge is 0.136 e. The molecule has 0 saturated carbocycles. The summed E-state index contributed by atoms with van der Waals surface area (Å²) in [6.45, 7) is 3.02. The van der Waals surface area contributed by atoms with Crippen LogP contribution in [0.15, 0.2) is 103 Å². The van der Waals surface area contributed by atoms with E-state index in [-0.39, 0.29) is 0 Å². The average molecular weight is 455 g/mol. The van der Waals surface area contributed by atoms with Gasteiger partial charge in [0.05, 0.1) is 6.10 Å². The zero-order valence-electron chi connectivity index (χ0n) is 19.4. The van der Waals surface area contributed by atoms with Gasteiger partial charge in [0, 0.05) is 11.6 Å². The topological polar surface area (TPSA) is 47.9 Å². The van der Waals surface area contributed by atoms with Crippen LogP contribution in [0.25, 0.3) is 0 Å². The van der Waals surface area contributed by atoms with E-state index in [4.69, 9.17) is 14.2 Å². The molecule has 4 nitrogen and oxygen atoms in total. The van der Waals surface area contributed by atoms with Crippen molar-refractivity contribution in [3.05, 3.63) is 120 Å². The highest BCUT2D eigenvalue weighted by atomic mass is 16.5. The highest BCUT2D eigenvalue weighted by Gasteiger charge is 2.15. The number of hydrogen-bond donors (Lipinski definition) is 1. The minimum Gasteiger partial charge on any atom is -0.489 e. The van der Waals surface area contributed by atoms with Crippen LogP contribution in [-0.2, 0) is 13.2 Å². The lowest BCUT2D eigenvalue weighted by molar-refractivity contribution is 0.163. The Morgan fingerprint density at radius 3 is 1.76 bits per heavy atom. The standard InChI is InChI=1S/C30H30O4/c1-2-9-29(31)28-19-18-27(33-22-24-12-7-4-8-13-24)20-30(28)34-26-16-14-25(15-17-26)32-21-23-10-5-3-6-11-23/h3-8,10-20,29,31H,2,9,21-22H2,1H3. The third-order valence-electron chi connectivity index (χ3n) is 5.45. The zero-order chi connectivity index (χ0) is 23.6. The zero-order valence-corrected chi connectivity index (χ0v) is 19.4. The maximum atomic E-state index is 10.7. The van der Waals surface area contributed by atoms with Gasteiger partial charge in [-0.2, -0.15) is 0 Å². The summed E-state index contributed by atoms with van der Waals surface area (Å²) in [7, 11) is 0. The SMILES string of the molecule is CCCC(O)c1ccc(OCc2ccccc2)cc1Oc1ccc(OCc2ccccc2)cc1. The molecule has 0 heterocycles. The molecule has 4 heteroatoms. The molecule has 0 fully saturated rings. The van der Waals surface area contributed by atoms with Crippen molar-refractivity contribution in [1.82, 2.24) is 0 Å². The average Bonchev–Trinajstić information content (AvgIpc) is 2.88. The molecule has 1 atom stereocenters. The molecule has 4 aromatic carbocycles. The molecule has 1 N–H and O–H groups in total. The lowest BCUT2D eigenvalue weighted by Crippen LogP contribution is -2.02. The Bertz CT molecular complexity index is 1140. The van der Waals surface area contributed by atoms with E-state index in [1.54, 1.807) is 0 Å². The van der Waals surface area contributed by atoms with Crippen LogP contribution in [0, 0.1) is 0 Å². The molecule has 1 unspecified atom stereocenters. The van der Waals surface area contributed by atoms with Gasteiger partial charge in [-0.1, -0.05) is 74.0 Å². The van der Waals surface area contributed by atoms with E-state index in [1.807, 2.05) is 103 Å². The molecule has 0 aromatic heterocycles. The second kappa shape index (κ2) is 11.9. The van der Waals surface area contributed by atoms with Crippen molar-refractivity contribution in [2.75, 3.05) is 0 Å². The van der Waals surface area contributed by atoms with Crippen LogP contribution < -0.4 is 14.2 Å². The Balaban J connectivity index is 1.46. The highest BCUT2D eigenvalue weighted by Crippen LogP contribution is 2.35. The van der Waals surface area contributed by atoms with Crippen molar-refractivity contribution in [3.8, 4) is 23.0 Å². The van der Waals surface area contributed by atoms with Crippen LogP contribution in [0.1, 0.15) is 42.6 Å². The van der Waals surface area contributed by atoms with E-state index in [0.717, 1.165) is 28.9 Å². The van der Waals surface area contributed by atoms with Crippen LogP contribution in [0.4, 0.5) is 0 Å². The Kier molecular flexibility index (Phi) is 8.20. The van der Waals surface area contributed by atoms with Gasteiger partial charge in [0.25, 0.3) is 0 Å². The van der Waals surface area contributed by atoms with Gasteiger partial charge in [-0.05, 0) is 53.9 Å². The first kappa shape index (κ1) is 23.4. The maximum absolute atomic E-state index is 10.7. The fourth-order valence-corrected chi connectivity index (χ4v) is 3.61. The molecule has 0 aliphatic rings. The van der Waals surface area contributed by atoms with Crippen molar-refractivity contribution in [3.63, 3.8) is 0 Å². The summed E-state index contributed by atoms with van der Waals surface area (Å²) in [5.74, 6) is 2.71. The maximum Gasteiger partial charge on any atom is 0.136 e. The predicted octanol–water partition coefficient (Wildman–Crippen LogP) is 7.47. The first-order valence-electron chi connectivity index (χ1n) is 11.6. The van der Waals surface area contributed by atoms with E-state index in [2.05, 4.69) is 6.92 Å². The summed E-state index contributed by atoms with van der Waals surface area (Å²) in [5, 5.41) is 10.7. The first-order chi connectivity index (χ1) is 16.7. The third-order valence-corrected chi connectivity index (χ3v) is 5.45. The largest absolute Gasteiger partial charge is 0.489 e. The van der Waals surface area contributed by atoms with Crippen molar-refractivity contribution in [2.24, 2.45) is 0 Å². The second-order valence-corrected chi connectivity index (χ2v) is 8.13. The van der Waals surface area contributed by atoms with Crippen LogP contribution >= 0.6 is 0 Å². The number of aliphatic hydroxyl groups is 1. The molecule has 4 rings (SSSR count). The third kappa shape index (κ3) is 6.63. The Morgan fingerprint density at radius 2 is 1.18 bits per heavy atom. The quantitative estimate of drug-likeness (QED) is 0.255. The molecule has 0 saturated heterocycles. The highest BCUT2D eigenvalue weighted by molar-refractivity contribution is 5.45. The van der Waals surface area contributed by atoms with E-state index in [0.29, 0.717) is 36.9 Å². The van der Waals surface area contributed by atoms with E-state index in [9.17, 15) is 5.11 Å². The molecule has 0 aliphatic carbocycles. The van der Waals surface area contributed by atoms with Gasteiger partial charge in [0.1, 0.15) is 36.2 Å². The summed E-state index contributed by atoms with van der Waals surface area (Å²) in [4.78, 5) is 0. The molecular weight excluding hydrogens is 424 g/mol. The fourth-order valence-electron chi connectivity index (χ4n) is 3.61. The minimum absolute atomic E-state index is 0.463. The number of ether oxygens (including phenoxy) is 3. The predicted molar refractivity (Wildman–Crippen MR) is 134 cm³/mol. The van der Waals surface area contributed by atoms with E-state index in [1.165, 1.54) is 0 Å². The summed E-state index contributed by atoms with van der Waals surface area (Å²) in [5.41, 5.74) is 2.95. The number of hydrogen-bond acceptors (Lipinski definition) is 4. The lowest BCUT2D eigenvalue weighted by atomic mass is 10.0. The first-order valence-corrected chi connectivity index (χ1v) is 11.6. The Hall–Kier alpha value is -3.76. The summed E-state index contributed by atoms with van der Waals surface area (Å²) < 4.78 is 18.0. The summed E-state index contributed by atoms with van der Waals surface area (Å²) in [6.07, 6.45) is 0.935. The van der Waals surface area contributed by atoms with Crippen molar-refractivity contribution < 1.29 is 19.3 Å². The van der Waals surface area contributed by atoms with Gasteiger partial charge in [-0.3, -0.25) is 0 Å². The normalized spacial score (nSPS) is 11.6. The molecule has 174 valence electrons. The van der Waals surface area contributed by atoms with Gasteiger partial charge < -0.3 is 19.3 Å². The van der Waals surface area contributed by atoms with Gasteiger partial charge >= 0.3 is 0 Å². The number of aliphatic hydroxyl groups excluding tert-OH is 1. The van der Waals surface area contributed by atoms with Gasteiger partial charge in [0.2, 0.25) is 0 Å². The lowest BCUT2D eigenvalue weighted by Gasteiger charge is -2.17. The molecular formula is C30H30O4. The van der Waals surface area contributed by atoms with Crippen molar-refractivity contribution in [1.29, 1.82) is 0 Å². The van der Waals surface area contributed by atoms with Crippen molar-refractivity contribution >= 4 is 0 Å². The summed E-state index contributed by atoms with van der Waals surface area (Å²) >= 11 is 0. The molecule has 0 aliphatic heterocycles. The molecule has 0 spiro atoms. The van der Waals surface area contributed by atoms with E-state index < -0.39 is 6.10 Å². The van der Waals surface area contributed by atoms with Crippen molar-refractivity contribution in [2.45, 2.75) is 39.1 Å². The van der Waals surface area contributed by atoms with Gasteiger partial charge in [-0.15, -0.1) is 0 Å². The monoisotopic (exact) mass is 454 g/mol. The Morgan fingerprint density at radius 1 is 0.647 bits per heavy atom. The molecule has 4 aromatic rings. The number of benzene rings is 4. The molecule has 0 amide bonds. The molecule has 34 heavy (non-hydrogen) atoms. The number of rotatable bonds is 11. The summed E-state index contributed by atoms with van der Waals surface area (Å²) in [6, 6.07) is 33.2.